The molecule has 0 saturated carbocycles. The highest BCUT2D eigenvalue weighted by Crippen LogP contribution is 2.35. The second-order valence-corrected chi connectivity index (χ2v) is 13.4. The number of sulfonamides is 1. The van der Waals surface area contributed by atoms with Crippen molar-refractivity contribution in [1.82, 2.24) is 9.62 Å². The van der Waals surface area contributed by atoms with Crippen molar-refractivity contribution in [3.63, 3.8) is 0 Å². The van der Waals surface area contributed by atoms with Crippen molar-refractivity contribution in [1.29, 1.82) is 0 Å². The van der Waals surface area contributed by atoms with Crippen LogP contribution in [0.3, 0.4) is 0 Å². The molecule has 0 amide bonds. The van der Waals surface area contributed by atoms with E-state index in [4.69, 9.17) is 5.11 Å². The molecule has 40 heavy (non-hydrogen) atoms. The van der Waals surface area contributed by atoms with E-state index in [0.29, 0.717) is 12.0 Å². The quantitative estimate of drug-likeness (QED) is 0.279. The van der Waals surface area contributed by atoms with E-state index in [1.807, 2.05) is 26.0 Å². The standard InChI is InChI=1S/C29H39F3N2O5S/c1-28(2,17-20-14-22-9-4-5-10-23(22)15-20)33-18-24(35)19-34(3)40(38,39)25-13-12-21(8-6-7-11-27(36)37)26(16-25)29(30,31)32/h4-5,9-10,12-13,16,20,24,33,35H,6-8,11,14-15,17-19H2,1-3H3,(H,36,37)/t24-/m0/s1. The lowest BCUT2D eigenvalue weighted by atomic mass is 9.88. The Kier molecular flexibility index (Phi) is 10.4. The number of aryl methyl sites for hydroxylation is 1. The maximum absolute atomic E-state index is 13.7. The molecule has 2 aromatic rings. The summed E-state index contributed by atoms with van der Waals surface area (Å²) in [5, 5.41) is 22.6. The van der Waals surface area contributed by atoms with Crippen LogP contribution in [-0.2, 0) is 40.3 Å². The average Bonchev–Trinajstić information content (AvgIpc) is 3.26. The molecule has 1 aliphatic rings. The van der Waals surface area contributed by atoms with E-state index in [1.54, 1.807) is 0 Å². The van der Waals surface area contributed by atoms with Gasteiger partial charge < -0.3 is 15.5 Å². The van der Waals surface area contributed by atoms with Crippen LogP contribution in [0.1, 0.15) is 61.8 Å². The number of carbonyl (C=O) groups is 1. The van der Waals surface area contributed by atoms with Gasteiger partial charge in [0.1, 0.15) is 0 Å². The zero-order valence-electron chi connectivity index (χ0n) is 23.2. The summed E-state index contributed by atoms with van der Waals surface area (Å²) in [5.74, 6) is -0.565. The van der Waals surface area contributed by atoms with Crippen LogP contribution in [0.15, 0.2) is 47.4 Å². The molecule has 3 rings (SSSR count). The van der Waals surface area contributed by atoms with Crippen LogP contribution in [0.25, 0.3) is 0 Å². The molecular weight excluding hydrogens is 545 g/mol. The van der Waals surface area contributed by atoms with Gasteiger partial charge in [-0.3, -0.25) is 4.79 Å². The SMILES string of the molecule is CN(C[C@@H](O)CNC(C)(C)CC1Cc2ccccc2C1)S(=O)(=O)c1ccc(CCCCC(=O)O)c(C(F)(F)F)c1. The first kappa shape index (κ1) is 32.0. The van der Waals surface area contributed by atoms with E-state index in [2.05, 4.69) is 17.4 Å². The molecule has 0 aliphatic heterocycles. The number of rotatable bonds is 14. The van der Waals surface area contributed by atoms with Crippen LogP contribution in [0.2, 0.25) is 0 Å². The largest absolute Gasteiger partial charge is 0.481 e. The number of fused-ring (bicyclic) bond motifs is 1. The Morgan fingerprint density at radius 3 is 2.30 bits per heavy atom. The van der Waals surface area contributed by atoms with Crippen LogP contribution in [0.5, 0.6) is 0 Å². The highest BCUT2D eigenvalue weighted by molar-refractivity contribution is 7.89. The molecule has 2 aromatic carbocycles. The lowest BCUT2D eigenvalue weighted by Crippen LogP contribution is -2.47. The van der Waals surface area contributed by atoms with Gasteiger partial charge in [-0.1, -0.05) is 30.3 Å². The third-order valence-corrected chi connectivity index (χ3v) is 9.22. The molecule has 0 fully saturated rings. The van der Waals surface area contributed by atoms with Gasteiger partial charge in [0, 0.05) is 32.1 Å². The zero-order chi connectivity index (χ0) is 29.7. The van der Waals surface area contributed by atoms with Gasteiger partial charge in [0.05, 0.1) is 16.6 Å². The van der Waals surface area contributed by atoms with Gasteiger partial charge in [0.15, 0.2) is 0 Å². The van der Waals surface area contributed by atoms with Crippen LogP contribution in [-0.4, -0.2) is 60.7 Å². The number of benzene rings is 2. The molecule has 0 aromatic heterocycles. The maximum Gasteiger partial charge on any atom is 0.416 e. The second kappa shape index (κ2) is 13.0. The summed E-state index contributed by atoms with van der Waals surface area (Å²) < 4.78 is 68.3. The van der Waals surface area contributed by atoms with Gasteiger partial charge in [-0.05, 0) is 87.1 Å². The summed E-state index contributed by atoms with van der Waals surface area (Å²) in [6.07, 6.45) is -2.73. The van der Waals surface area contributed by atoms with E-state index < -0.39 is 38.7 Å². The fraction of sp³-hybridized carbons (Fsp3) is 0.552. The van der Waals surface area contributed by atoms with E-state index in [9.17, 15) is 31.5 Å². The Bertz CT molecular complexity index is 1260. The van der Waals surface area contributed by atoms with E-state index >= 15 is 0 Å². The average molecular weight is 585 g/mol. The molecule has 3 N–H and O–H groups in total. The number of aliphatic carboxylic acids is 1. The smallest absolute Gasteiger partial charge is 0.416 e. The Hall–Kier alpha value is -2.47. The minimum absolute atomic E-state index is 0.0224. The maximum atomic E-state index is 13.7. The summed E-state index contributed by atoms with van der Waals surface area (Å²) in [7, 11) is -3.08. The summed E-state index contributed by atoms with van der Waals surface area (Å²) >= 11 is 0. The zero-order valence-corrected chi connectivity index (χ0v) is 24.0. The summed E-state index contributed by atoms with van der Waals surface area (Å²) in [5.41, 5.74) is 1.25. The number of nitrogens with zero attached hydrogens (tertiary/aromatic N) is 1. The number of halogens is 3. The number of carboxylic acids is 1. The molecule has 0 heterocycles. The van der Waals surface area contributed by atoms with E-state index in [1.165, 1.54) is 18.2 Å². The molecular formula is C29H39F3N2O5S. The third-order valence-electron chi connectivity index (χ3n) is 7.40. The van der Waals surface area contributed by atoms with Gasteiger partial charge >= 0.3 is 12.1 Å². The molecule has 0 bridgehead atoms. The lowest BCUT2D eigenvalue weighted by Gasteiger charge is -2.31. The number of likely N-dealkylation sites (N-methyl/N-ethyl adjacent to an activating group) is 1. The lowest BCUT2D eigenvalue weighted by molar-refractivity contribution is -0.139. The number of hydrogen-bond donors (Lipinski definition) is 3. The number of β-amino-alcohol motifs (C(OH)–C–C–N with tert-alkyl or cyclic N) is 1. The fourth-order valence-corrected chi connectivity index (χ4v) is 6.65. The Labute approximate surface area is 234 Å². The predicted molar refractivity (Wildman–Crippen MR) is 146 cm³/mol. The van der Waals surface area contributed by atoms with Crippen molar-refractivity contribution in [3.05, 3.63) is 64.7 Å². The van der Waals surface area contributed by atoms with Crippen LogP contribution < -0.4 is 5.32 Å². The van der Waals surface area contributed by atoms with Crippen molar-refractivity contribution in [2.45, 2.75) is 81.5 Å². The molecule has 11 heteroatoms. The fourth-order valence-electron chi connectivity index (χ4n) is 5.41. The first-order valence-corrected chi connectivity index (χ1v) is 14.9. The normalized spacial score (nSPS) is 15.4. The van der Waals surface area contributed by atoms with Gasteiger partial charge in [-0.15, -0.1) is 0 Å². The van der Waals surface area contributed by atoms with Crippen molar-refractivity contribution in [2.24, 2.45) is 5.92 Å². The van der Waals surface area contributed by atoms with Gasteiger partial charge in [0.25, 0.3) is 0 Å². The number of carboxylic acid groups (broad SMARTS) is 1. The Morgan fingerprint density at radius 2 is 1.73 bits per heavy atom. The van der Waals surface area contributed by atoms with Crippen molar-refractivity contribution in [2.75, 3.05) is 20.1 Å². The number of aliphatic hydroxyl groups excluding tert-OH is 1. The van der Waals surface area contributed by atoms with Crippen LogP contribution in [0.4, 0.5) is 13.2 Å². The summed E-state index contributed by atoms with van der Waals surface area (Å²) in [4.78, 5) is 10.1. The highest BCUT2D eigenvalue weighted by Gasteiger charge is 2.35. The van der Waals surface area contributed by atoms with Gasteiger partial charge in [-0.25, -0.2) is 8.42 Å². The van der Waals surface area contributed by atoms with Crippen molar-refractivity contribution >= 4 is 16.0 Å². The number of unbranched alkanes of at least 4 members (excludes halogenated alkanes) is 1. The Morgan fingerprint density at radius 1 is 1.10 bits per heavy atom. The number of aliphatic hydroxyl groups is 1. The molecule has 7 nitrogen and oxygen atoms in total. The van der Waals surface area contributed by atoms with Crippen LogP contribution >= 0.6 is 0 Å². The summed E-state index contributed by atoms with van der Waals surface area (Å²) in [6.45, 7) is 3.89. The first-order chi connectivity index (χ1) is 18.6. The number of alkyl halides is 3. The molecule has 1 aliphatic carbocycles. The molecule has 0 unspecified atom stereocenters. The summed E-state index contributed by atoms with van der Waals surface area (Å²) in [6, 6.07) is 11.2. The predicted octanol–water partition coefficient (Wildman–Crippen LogP) is 4.66. The van der Waals surface area contributed by atoms with Gasteiger partial charge in [0.2, 0.25) is 10.0 Å². The monoisotopic (exact) mass is 584 g/mol. The van der Waals surface area contributed by atoms with Crippen molar-refractivity contribution in [3.8, 4) is 0 Å². The molecule has 0 radical (unpaired) electrons. The minimum Gasteiger partial charge on any atom is -0.481 e. The number of nitrogens with one attached hydrogen (secondary N) is 1. The first-order valence-electron chi connectivity index (χ1n) is 13.5. The number of hydrogen-bond acceptors (Lipinski definition) is 5. The highest BCUT2D eigenvalue weighted by atomic mass is 32.2. The Balaban J connectivity index is 1.59. The van der Waals surface area contributed by atoms with Crippen LogP contribution in [0, 0.1) is 5.92 Å². The third kappa shape index (κ3) is 8.76. The molecule has 0 saturated heterocycles. The van der Waals surface area contributed by atoms with Gasteiger partial charge in [-0.2, -0.15) is 17.5 Å². The molecule has 222 valence electrons. The van der Waals surface area contributed by atoms with E-state index in [0.717, 1.165) is 35.7 Å². The molecule has 0 spiro atoms. The minimum atomic E-state index is -4.78. The van der Waals surface area contributed by atoms with E-state index in [-0.39, 0.29) is 49.9 Å². The topological polar surface area (TPSA) is 107 Å². The molecule has 1 atom stereocenters. The second-order valence-electron chi connectivity index (χ2n) is 11.4. The van der Waals surface area contributed by atoms with Crippen molar-refractivity contribution < 1.29 is 36.6 Å².